The zero-order valence-electron chi connectivity index (χ0n) is 16.8. The van der Waals surface area contributed by atoms with Gasteiger partial charge in [0.05, 0.1) is 6.54 Å². The normalized spacial score (nSPS) is 11.2. The number of para-hydroxylation sites is 1. The third-order valence-corrected chi connectivity index (χ3v) is 4.31. The molecule has 0 aliphatic heterocycles. The summed E-state index contributed by atoms with van der Waals surface area (Å²) in [6.07, 6.45) is 0. The first kappa shape index (κ1) is 21.4. The van der Waals surface area contributed by atoms with Gasteiger partial charge in [0.1, 0.15) is 23.7 Å². The first-order chi connectivity index (χ1) is 13.2. The van der Waals surface area contributed by atoms with Crippen LogP contribution in [-0.4, -0.2) is 46.6 Å². The minimum atomic E-state index is -0.665. The van der Waals surface area contributed by atoms with Crippen LogP contribution in [0.2, 0.25) is 0 Å². The number of carbonyl (C=O) groups is 1. The molecule has 2 rings (SSSR count). The van der Waals surface area contributed by atoms with Crippen molar-refractivity contribution in [2.75, 3.05) is 32.5 Å². The SMILES string of the molecule is CC(C)Cn1c(N)c(C(=O)CN(C)CCOc2ccccc2)c(=O)n(C)c1=O. The number of hydrogen-bond donors (Lipinski definition) is 1. The van der Waals surface area contributed by atoms with Gasteiger partial charge in [0.15, 0.2) is 5.78 Å². The van der Waals surface area contributed by atoms with Gasteiger partial charge >= 0.3 is 5.69 Å². The van der Waals surface area contributed by atoms with Crippen LogP contribution < -0.4 is 21.7 Å². The van der Waals surface area contributed by atoms with Crippen molar-refractivity contribution >= 4 is 11.6 Å². The molecule has 0 amide bonds. The highest BCUT2D eigenvalue weighted by atomic mass is 16.5. The van der Waals surface area contributed by atoms with Gasteiger partial charge in [-0.15, -0.1) is 0 Å². The van der Waals surface area contributed by atoms with Gasteiger partial charge in [0.25, 0.3) is 5.56 Å². The van der Waals surface area contributed by atoms with E-state index in [1.54, 1.807) is 11.9 Å². The van der Waals surface area contributed by atoms with Crippen LogP contribution in [0.25, 0.3) is 0 Å². The van der Waals surface area contributed by atoms with Gasteiger partial charge in [-0.3, -0.25) is 23.6 Å². The zero-order valence-corrected chi connectivity index (χ0v) is 16.8. The van der Waals surface area contributed by atoms with E-state index in [0.717, 1.165) is 10.3 Å². The molecule has 28 heavy (non-hydrogen) atoms. The molecule has 0 unspecified atom stereocenters. The van der Waals surface area contributed by atoms with Gasteiger partial charge in [-0.25, -0.2) is 4.79 Å². The quantitative estimate of drug-likeness (QED) is 0.643. The Morgan fingerprint density at radius 1 is 1.21 bits per heavy atom. The zero-order chi connectivity index (χ0) is 20.8. The Morgan fingerprint density at radius 3 is 2.46 bits per heavy atom. The molecular formula is C20H28N4O4. The molecule has 0 aliphatic rings. The van der Waals surface area contributed by atoms with Gasteiger partial charge < -0.3 is 10.5 Å². The van der Waals surface area contributed by atoms with Gasteiger partial charge in [-0.05, 0) is 25.1 Å². The molecule has 1 aromatic heterocycles. The predicted molar refractivity (Wildman–Crippen MR) is 109 cm³/mol. The summed E-state index contributed by atoms with van der Waals surface area (Å²) in [6, 6.07) is 9.38. The van der Waals surface area contributed by atoms with Crippen molar-refractivity contribution in [3.8, 4) is 5.75 Å². The second kappa shape index (κ2) is 9.36. The Hall–Kier alpha value is -2.87. The van der Waals surface area contributed by atoms with Crippen LogP contribution in [0, 0.1) is 5.92 Å². The fourth-order valence-corrected chi connectivity index (χ4v) is 2.83. The lowest BCUT2D eigenvalue weighted by atomic mass is 10.1. The highest BCUT2D eigenvalue weighted by molar-refractivity contribution is 6.01. The number of aromatic nitrogens is 2. The minimum Gasteiger partial charge on any atom is -0.492 e. The average Bonchev–Trinajstić information content (AvgIpc) is 2.64. The fraction of sp³-hybridized carbons (Fsp3) is 0.450. The number of carbonyl (C=O) groups excluding carboxylic acids is 1. The lowest BCUT2D eigenvalue weighted by molar-refractivity contribution is 0.0936. The van der Waals surface area contributed by atoms with E-state index in [0.29, 0.717) is 19.7 Å². The van der Waals surface area contributed by atoms with Crippen molar-refractivity contribution < 1.29 is 9.53 Å². The molecule has 1 aromatic carbocycles. The van der Waals surface area contributed by atoms with Crippen molar-refractivity contribution in [2.45, 2.75) is 20.4 Å². The number of nitrogens with two attached hydrogens (primary N) is 1. The molecule has 0 bridgehead atoms. The van der Waals surface area contributed by atoms with E-state index in [1.807, 2.05) is 44.2 Å². The van der Waals surface area contributed by atoms with Gasteiger partial charge in [-0.2, -0.15) is 0 Å². The first-order valence-electron chi connectivity index (χ1n) is 9.21. The first-order valence-corrected chi connectivity index (χ1v) is 9.21. The van der Waals surface area contributed by atoms with Crippen molar-refractivity contribution in [1.29, 1.82) is 0 Å². The number of benzene rings is 1. The Balaban J connectivity index is 2.11. The van der Waals surface area contributed by atoms with Crippen molar-refractivity contribution in [3.63, 3.8) is 0 Å². The summed E-state index contributed by atoms with van der Waals surface area (Å²) in [4.78, 5) is 39.3. The van der Waals surface area contributed by atoms with E-state index in [-0.39, 0.29) is 23.8 Å². The van der Waals surface area contributed by atoms with Crippen LogP contribution in [0.4, 0.5) is 5.82 Å². The largest absolute Gasteiger partial charge is 0.492 e. The number of anilines is 1. The fourth-order valence-electron chi connectivity index (χ4n) is 2.83. The average molecular weight is 388 g/mol. The molecule has 8 nitrogen and oxygen atoms in total. The molecule has 0 radical (unpaired) electrons. The third kappa shape index (κ3) is 5.10. The molecule has 0 atom stereocenters. The van der Waals surface area contributed by atoms with Crippen LogP contribution in [0.3, 0.4) is 0 Å². The maximum Gasteiger partial charge on any atom is 0.332 e. The number of ketones is 1. The summed E-state index contributed by atoms with van der Waals surface area (Å²) >= 11 is 0. The minimum absolute atomic E-state index is 0.00251. The number of likely N-dealkylation sites (N-methyl/N-ethyl adjacent to an activating group) is 1. The Bertz CT molecular complexity index is 932. The number of hydrogen-bond acceptors (Lipinski definition) is 6. The molecule has 0 aliphatic carbocycles. The second-order valence-corrected chi connectivity index (χ2v) is 7.23. The summed E-state index contributed by atoms with van der Waals surface area (Å²) < 4.78 is 7.84. The molecule has 0 spiro atoms. The molecule has 2 aromatic rings. The topological polar surface area (TPSA) is 99.6 Å². The molecule has 8 heteroatoms. The van der Waals surface area contributed by atoms with E-state index >= 15 is 0 Å². The highest BCUT2D eigenvalue weighted by Gasteiger charge is 2.22. The summed E-state index contributed by atoms with van der Waals surface area (Å²) in [6.45, 7) is 5.08. The van der Waals surface area contributed by atoms with Crippen LogP contribution in [-0.2, 0) is 13.6 Å². The summed E-state index contributed by atoms with van der Waals surface area (Å²) in [5, 5.41) is 0. The smallest absolute Gasteiger partial charge is 0.332 e. The Kier molecular flexibility index (Phi) is 7.17. The number of Topliss-reactive ketones (excluding diaryl/α,β-unsaturated/α-hetero) is 1. The number of nitrogens with zero attached hydrogens (tertiary/aromatic N) is 3. The second-order valence-electron chi connectivity index (χ2n) is 7.23. The van der Waals surface area contributed by atoms with Crippen LogP contribution in [0.5, 0.6) is 5.75 Å². The number of rotatable bonds is 9. The summed E-state index contributed by atoms with van der Waals surface area (Å²) in [7, 11) is 3.12. The predicted octanol–water partition coefficient (Wildman–Crippen LogP) is 0.979. The van der Waals surface area contributed by atoms with Gasteiger partial charge in [0, 0.05) is 20.1 Å². The van der Waals surface area contributed by atoms with Crippen LogP contribution >= 0.6 is 0 Å². The van der Waals surface area contributed by atoms with E-state index in [1.165, 1.54) is 11.6 Å². The van der Waals surface area contributed by atoms with Crippen LogP contribution in [0.1, 0.15) is 24.2 Å². The monoisotopic (exact) mass is 388 g/mol. The molecule has 152 valence electrons. The lowest BCUT2D eigenvalue weighted by Crippen LogP contribution is -2.44. The summed E-state index contributed by atoms with van der Waals surface area (Å²) in [5.74, 6) is 0.401. The van der Waals surface area contributed by atoms with E-state index in [4.69, 9.17) is 10.5 Å². The lowest BCUT2D eigenvalue weighted by Gasteiger charge is -2.19. The molecule has 1 heterocycles. The molecular weight excluding hydrogens is 360 g/mol. The van der Waals surface area contributed by atoms with Gasteiger partial charge in [-0.1, -0.05) is 32.0 Å². The molecule has 2 N–H and O–H groups in total. The highest BCUT2D eigenvalue weighted by Crippen LogP contribution is 2.10. The molecule has 0 saturated carbocycles. The Morgan fingerprint density at radius 2 is 1.86 bits per heavy atom. The maximum absolute atomic E-state index is 12.7. The van der Waals surface area contributed by atoms with Gasteiger partial charge in [0.2, 0.25) is 0 Å². The third-order valence-electron chi connectivity index (χ3n) is 4.31. The number of nitrogen functional groups attached to an aromatic ring is 1. The Labute approximate surface area is 164 Å². The number of ether oxygens (including phenoxy) is 1. The van der Waals surface area contributed by atoms with E-state index < -0.39 is 17.0 Å². The summed E-state index contributed by atoms with van der Waals surface area (Å²) in [5.41, 5.74) is 4.72. The molecule has 0 fully saturated rings. The van der Waals surface area contributed by atoms with Crippen molar-refractivity contribution in [2.24, 2.45) is 13.0 Å². The standard InChI is InChI=1S/C20H28N4O4/c1-14(2)12-24-18(21)17(19(26)23(4)20(24)27)16(25)13-22(3)10-11-28-15-8-6-5-7-9-15/h5-9,14H,10-13,21H2,1-4H3. The van der Waals surface area contributed by atoms with E-state index in [9.17, 15) is 14.4 Å². The van der Waals surface area contributed by atoms with Crippen molar-refractivity contribution in [3.05, 3.63) is 56.7 Å². The van der Waals surface area contributed by atoms with Crippen molar-refractivity contribution in [1.82, 2.24) is 14.0 Å². The maximum atomic E-state index is 12.7. The van der Waals surface area contributed by atoms with Crippen LogP contribution in [0.15, 0.2) is 39.9 Å². The molecule has 0 saturated heterocycles. The van der Waals surface area contributed by atoms with E-state index in [2.05, 4.69) is 0 Å².